The standard InChI is InChI=1S/C26H28N2O3/c1-3-28(2)25(30)22-14-10-13-21(17-22)24(29)27-19-26(31,23-15-8-5-9-16-23)18-20-11-6-4-7-12-20/h4-17,31H,3,18-19H2,1-2H3,(H,27,29). The molecule has 0 aliphatic heterocycles. The van der Waals surface area contributed by atoms with Gasteiger partial charge in [-0.2, -0.15) is 0 Å². The van der Waals surface area contributed by atoms with Gasteiger partial charge in [-0.3, -0.25) is 9.59 Å². The van der Waals surface area contributed by atoms with E-state index in [1.165, 1.54) is 0 Å². The Morgan fingerprint density at radius 1 is 0.903 bits per heavy atom. The monoisotopic (exact) mass is 416 g/mol. The molecule has 5 nitrogen and oxygen atoms in total. The fraction of sp³-hybridized carbons (Fsp3) is 0.231. The van der Waals surface area contributed by atoms with Crippen LogP contribution in [0.25, 0.3) is 0 Å². The molecule has 0 heterocycles. The quantitative estimate of drug-likeness (QED) is 0.589. The first kappa shape index (κ1) is 22.2. The molecule has 0 bridgehead atoms. The Labute approximate surface area is 183 Å². The number of amides is 2. The molecule has 2 N–H and O–H groups in total. The summed E-state index contributed by atoms with van der Waals surface area (Å²) in [6.45, 7) is 2.52. The Kier molecular flexibility index (Phi) is 7.21. The topological polar surface area (TPSA) is 69.6 Å². The van der Waals surface area contributed by atoms with Crippen LogP contribution in [0.5, 0.6) is 0 Å². The largest absolute Gasteiger partial charge is 0.383 e. The third kappa shape index (κ3) is 5.58. The predicted molar refractivity (Wildman–Crippen MR) is 122 cm³/mol. The highest BCUT2D eigenvalue weighted by Gasteiger charge is 2.30. The zero-order valence-electron chi connectivity index (χ0n) is 17.9. The van der Waals surface area contributed by atoms with Gasteiger partial charge in [-0.15, -0.1) is 0 Å². The molecular weight excluding hydrogens is 388 g/mol. The molecule has 0 saturated carbocycles. The number of hydrogen-bond acceptors (Lipinski definition) is 3. The van der Waals surface area contributed by atoms with E-state index >= 15 is 0 Å². The zero-order valence-corrected chi connectivity index (χ0v) is 17.9. The average molecular weight is 417 g/mol. The molecule has 0 spiro atoms. The number of aliphatic hydroxyl groups is 1. The molecular formula is C26H28N2O3. The van der Waals surface area contributed by atoms with Crippen molar-refractivity contribution in [3.63, 3.8) is 0 Å². The first-order valence-electron chi connectivity index (χ1n) is 10.4. The van der Waals surface area contributed by atoms with Crippen molar-refractivity contribution < 1.29 is 14.7 Å². The number of hydrogen-bond donors (Lipinski definition) is 2. The van der Waals surface area contributed by atoms with Gasteiger partial charge in [0.25, 0.3) is 11.8 Å². The van der Waals surface area contributed by atoms with Crippen LogP contribution >= 0.6 is 0 Å². The van der Waals surface area contributed by atoms with Gasteiger partial charge in [-0.05, 0) is 36.2 Å². The Bertz CT molecular complexity index is 1020. The molecule has 1 unspecified atom stereocenters. The summed E-state index contributed by atoms with van der Waals surface area (Å²) in [5, 5.41) is 14.4. The second kappa shape index (κ2) is 10.0. The van der Waals surface area contributed by atoms with Crippen LogP contribution in [0.15, 0.2) is 84.9 Å². The van der Waals surface area contributed by atoms with Crippen LogP contribution in [-0.4, -0.2) is 42.0 Å². The molecule has 0 aliphatic rings. The van der Waals surface area contributed by atoms with Crippen LogP contribution in [0.2, 0.25) is 0 Å². The first-order valence-corrected chi connectivity index (χ1v) is 10.4. The fourth-order valence-corrected chi connectivity index (χ4v) is 3.43. The van der Waals surface area contributed by atoms with Crippen LogP contribution in [-0.2, 0) is 12.0 Å². The minimum absolute atomic E-state index is 0.0395. The van der Waals surface area contributed by atoms with Crippen molar-refractivity contribution in [2.75, 3.05) is 20.1 Å². The summed E-state index contributed by atoms with van der Waals surface area (Å²) in [6, 6.07) is 25.7. The van der Waals surface area contributed by atoms with E-state index in [1.807, 2.05) is 67.6 Å². The van der Waals surface area contributed by atoms with E-state index in [2.05, 4.69) is 5.32 Å². The van der Waals surface area contributed by atoms with Gasteiger partial charge < -0.3 is 15.3 Å². The van der Waals surface area contributed by atoms with Crippen molar-refractivity contribution >= 4 is 11.8 Å². The third-order valence-electron chi connectivity index (χ3n) is 5.38. The van der Waals surface area contributed by atoms with Crippen molar-refractivity contribution in [2.24, 2.45) is 0 Å². The van der Waals surface area contributed by atoms with E-state index in [4.69, 9.17) is 0 Å². The highest BCUT2D eigenvalue weighted by atomic mass is 16.3. The van der Waals surface area contributed by atoms with Gasteiger partial charge in [0.15, 0.2) is 0 Å². The van der Waals surface area contributed by atoms with E-state index in [1.54, 1.807) is 36.2 Å². The molecule has 0 saturated heterocycles. The zero-order chi connectivity index (χ0) is 22.3. The summed E-state index contributed by atoms with van der Waals surface area (Å²) in [7, 11) is 1.72. The van der Waals surface area contributed by atoms with E-state index in [9.17, 15) is 14.7 Å². The molecule has 31 heavy (non-hydrogen) atoms. The molecule has 0 aromatic heterocycles. The lowest BCUT2D eigenvalue weighted by atomic mass is 9.87. The van der Waals surface area contributed by atoms with Crippen LogP contribution in [0, 0.1) is 0 Å². The van der Waals surface area contributed by atoms with Gasteiger partial charge in [-0.25, -0.2) is 0 Å². The lowest BCUT2D eigenvalue weighted by molar-refractivity contribution is 0.0353. The SMILES string of the molecule is CCN(C)C(=O)c1cccc(C(=O)NCC(O)(Cc2ccccc2)c2ccccc2)c1. The Morgan fingerprint density at radius 3 is 2.16 bits per heavy atom. The maximum Gasteiger partial charge on any atom is 0.253 e. The third-order valence-corrected chi connectivity index (χ3v) is 5.38. The number of nitrogens with one attached hydrogen (secondary N) is 1. The van der Waals surface area contributed by atoms with Crippen molar-refractivity contribution in [3.05, 3.63) is 107 Å². The average Bonchev–Trinajstić information content (AvgIpc) is 2.82. The Hall–Kier alpha value is -3.44. The first-order chi connectivity index (χ1) is 14.9. The smallest absolute Gasteiger partial charge is 0.253 e. The molecule has 5 heteroatoms. The van der Waals surface area contributed by atoms with Gasteiger partial charge in [0.05, 0.1) is 6.54 Å². The normalized spacial score (nSPS) is 12.6. The maximum absolute atomic E-state index is 12.8. The number of carbonyl (C=O) groups excluding carboxylic acids is 2. The Morgan fingerprint density at radius 2 is 1.52 bits per heavy atom. The Balaban J connectivity index is 1.79. The molecule has 2 amide bonds. The van der Waals surface area contributed by atoms with Gasteiger partial charge in [-0.1, -0.05) is 66.7 Å². The van der Waals surface area contributed by atoms with E-state index in [0.29, 0.717) is 24.1 Å². The molecule has 0 aliphatic carbocycles. The second-order valence-electron chi connectivity index (χ2n) is 7.64. The fourth-order valence-electron chi connectivity index (χ4n) is 3.43. The summed E-state index contributed by atoms with van der Waals surface area (Å²) >= 11 is 0. The molecule has 3 rings (SSSR count). The summed E-state index contributed by atoms with van der Waals surface area (Å²) in [5.41, 5.74) is 1.27. The second-order valence-corrected chi connectivity index (χ2v) is 7.64. The minimum atomic E-state index is -1.27. The van der Waals surface area contributed by atoms with E-state index in [-0.39, 0.29) is 18.4 Å². The van der Waals surface area contributed by atoms with Gasteiger partial charge in [0.2, 0.25) is 0 Å². The van der Waals surface area contributed by atoms with Crippen molar-refractivity contribution in [1.82, 2.24) is 10.2 Å². The summed E-state index contributed by atoms with van der Waals surface area (Å²) in [6.07, 6.45) is 0.359. The number of carbonyl (C=O) groups is 2. The van der Waals surface area contributed by atoms with Crippen LogP contribution < -0.4 is 5.32 Å². The van der Waals surface area contributed by atoms with Crippen molar-refractivity contribution in [2.45, 2.75) is 18.9 Å². The molecule has 160 valence electrons. The van der Waals surface area contributed by atoms with Gasteiger partial charge >= 0.3 is 0 Å². The predicted octanol–water partition coefficient (Wildman–Crippen LogP) is 3.64. The summed E-state index contributed by atoms with van der Waals surface area (Å²) in [4.78, 5) is 26.8. The van der Waals surface area contributed by atoms with Gasteiger partial charge in [0.1, 0.15) is 5.60 Å². The lowest BCUT2D eigenvalue weighted by Crippen LogP contribution is -2.42. The molecule has 1 atom stereocenters. The summed E-state index contributed by atoms with van der Waals surface area (Å²) < 4.78 is 0. The number of rotatable bonds is 8. The van der Waals surface area contributed by atoms with Crippen LogP contribution in [0.3, 0.4) is 0 Å². The van der Waals surface area contributed by atoms with Crippen molar-refractivity contribution in [1.29, 1.82) is 0 Å². The highest BCUT2D eigenvalue weighted by Crippen LogP contribution is 2.25. The lowest BCUT2D eigenvalue weighted by Gasteiger charge is -2.29. The van der Waals surface area contributed by atoms with E-state index < -0.39 is 5.60 Å². The number of nitrogens with zero attached hydrogens (tertiary/aromatic N) is 1. The molecule has 3 aromatic carbocycles. The molecule has 0 radical (unpaired) electrons. The van der Waals surface area contributed by atoms with Crippen molar-refractivity contribution in [3.8, 4) is 0 Å². The maximum atomic E-state index is 12.8. The van der Waals surface area contributed by atoms with Gasteiger partial charge in [0, 0.05) is 31.1 Å². The highest BCUT2D eigenvalue weighted by molar-refractivity contribution is 5.99. The van der Waals surface area contributed by atoms with E-state index in [0.717, 1.165) is 11.1 Å². The molecule has 3 aromatic rings. The minimum Gasteiger partial charge on any atom is -0.383 e. The van der Waals surface area contributed by atoms with Crippen LogP contribution in [0.4, 0.5) is 0 Å². The van der Waals surface area contributed by atoms with Crippen LogP contribution in [0.1, 0.15) is 38.8 Å². The summed E-state index contributed by atoms with van der Waals surface area (Å²) in [5.74, 6) is -0.474. The molecule has 0 fully saturated rings. The number of benzene rings is 3.